The van der Waals surface area contributed by atoms with Gasteiger partial charge >= 0.3 is 0 Å². The molecule has 3 aromatic rings. The van der Waals surface area contributed by atoms with Crippen LogP contribution in [0.4, 0.5) is 5.13 Å². The van der Waals surface area contributed by atoms with Crippen LogP contribution in [0.25, 0.3) is 11.3 Å². The first kappa shape index (κ1) is 18.7. The molecule has 1 aromatic carbocycles. The molecule has 0 spiro atoms. The van der Waals surface area contributed by atoms with Crippen molar-refractivity contribution in [3.63, 3.8) is 0 Å². The van der Waals surface area contributed by atoms with Crippen LogP contribution in [0.15, 0.2) is 28.7 Å². The van der Waals surface area contributed by atoms with Crippen LogP contribution in [0.1, 0.15) is 18.9 Å². The standard InChI is InChI=1S/C17H18N6O3S2/c1-25-13-6-3-10(7-14(13)26-2)12-8-27-16(18-12)19-15(24)9-28-17-20-21-22-23(17)11-4-5-11/h3,6-8,11H,4-5,9H2,1-2H3,(H,18,19,24). The first-order valence-corrected chi connectivity index (χ1v) is 10.4. The second-order valence-electron chi connectivity index (χ2n) is 6.08. The summed E-state index contributed by atoms with van der Waals surface area (Å²) >= 11 is 2.69. The Balaban J connectivity index is 1.37. The van der Waals surface area contributed by atoms with Gasteiger partial charge in [-0.3, -0.25) is 4.79 Å². The van der Waals surface area contributed by atoms with Gasteiger partial charge in [0, 0.05) is 10.9 Å². The average molecular weight is 419 g/mol. The van der Waals surface area contributed by atoms with Crippen molar-refractivity contribution in [1.29, 1.82) is 0 Å². The van der Waals surface area contributed by atoms with Crippen molar-refractivity contribution in [3.05, 3.63) is 23.6 Å². The minimum atomic E-state index is -0.149. The number of carbonyl (C=O) groups excluding carboxylic acids is 1. The molecule has 1 aliphatic rings. The van der Waals surface area contributed by atoms with Crippen LogP contribution >= 0.6 is 23.1 Å². The van der Waals surface area contributed by atoms with Gasteiger partial charge in [-0.2, -0.15) is 0 Å². The van der Waals surface area contributed by atoms with E-state index >= 15 is 0 Å². The first-order chi connectivity index (χ1) is 13.7. The number of ether oxygens (including phenoxy) is 2. The number of rotatable bonds is 8. The quantitative estimate of drug-likeness (QED) is 0.557. The molecule has 11 heteroatoms. The molecular formula is C17H18N6O3S2. The van der Waals surface area contributed by atoms with Crippen LogP contribution < -0.4 is 14.8 Å². The molecule has 146 valence electrons. The SMILES string of the molecule is COc1ccc(-c2csc(NC(=O)CSc3nnnn3C3CC3)n2)cc1OC. The molecule has 28 heavy (non-hydrogen) atoms. The number of hydrogen-bond acceptors (Lipinski definition) is 9. The van der Waals surface area contributed by atoms with Crippen LogP contribution in [-0.2, 0) is 4.79 Å². The monoisotopic (exact) mass is 418 g/mol. The van der Waals surface area contributed by atoms with Crippen LogP contribution in [0.5, 0.6) is 11.5 Å². The Labute approximate surface area is 169 Å². The molecule has 0 unspecified atom stereocenters. The van der Waals surface area contributed by atoms with Crippen LogP contribution in [-0.4, -0.2) is 51.1 Å². The van der Waals surface area contributed by atoms with E-state index in [1.165, 1.54) is 23.1 Å². The van der Waals surface area contributed by atoms with Crippen molar-refractivity contribution in [3.8, 4) is 22.8 Å². The lowest BCUT2D eigenvalue weighted by molar-refractivity contribution is -0.113. The number of thioether (sulfide) groups is 1. The third-order valence-corrected chi connectivity index (χ3v) is 5.81. The van der Waals surface area contributed by atoms with Gasteiger partial charge in [0.2, 0.25) is 11.1 Å². The van der Waals surface area contributed by atoms with Gasteiger partial charge in [0.25, 0.3) is 0 Å². The number of nitrogens with zero attached hydrogens (tertiary/aromatic N) is 5. The second kappa shape index (κ2) is 8.15. The highest BCUT2D eigenvalue weighted by atomic mass is 32.2. The number of aromatic nitrogens is 5. The molecular weight excluding hydrogens is 400 g/mol. The number of thiazole rings is 1. The van der Waals surface area contributed by atoms with E-state index in [1.807, 2.05) is 23.6 Å². The number of methoxy groups -OCH3 is 2. The Kier molecular flexibility index (Phi) is 5.44. The Hall–Kier alpha value is -2.66. The third kappa shape index (κ3) is 4.09. The van der Waals surface area contributed by atoms with Gasteiger partial charge < -0.3 is 14.8 Å². The molecule has 1 aliphatic carbocycles. The summed E-state index contributed by atoms with van der Waals surface area (Å²) in [7, 11) is 3.18. The molecule has 0 saturated heterocycles. The van der Waals surface area contributed by atoms with E-state index in [4.69, 9.17) is 9.47 Å². The minimum absolute atomic E-state index is 0.149. The maximum atomic E-state index is 12.3. The second-order valence-corrected chi connectivity index (χ2v) is 7.88. The number of amides is 1. The van der Waals surface area contributed by atoms with E-state index in [9.17, 15) is 4.79 Å². The fourth-order valence-electron chi connectivity index (χ4n) is 2.57. The molecule has 0 radical (unpaired) electrons. The number of anilines is 1. The highest BCUT2D eigenvalue weighted by Crippen LogP contribution is 2.36. The van der Waals surface area contributed by atoms with E-state index in [1.54, 1.807) is 18.9 Å². The summed E-state index contributed by atoms with van der Waals surface area (Å²) in [6.45, 7) is 0. The zero-order valence-corrected chi connectivity index (χ0v) is 16.9. The summed E-state index contributed by atoms with van der Waals surface area (Å²) in [5.41, 5.74) is 1.64. The number of carbonyl (C=O) groups is 1. The van der Waals surface area contributed by atoms with Crippen LogP contribution in [0.2, 0.25) is 0 Å². The van der Waals surface area contributed by atoms with E-state index in [2.05, 4.69) is 25.8 Å². The molecule has 0 atom stereocenters. The predicted octanol–water partition coefficient (Wildman–Crippen LogP) is 2.88. The lowest BCUT2D eigenvalue weighted by atomic mass is 10.1. The highest BCUT2D eigenvalue weighted by molar-refractivity contribution is 7.99. The summed E-state index contributed by atoms with van der Waals surface area (Å²) in [6.07, 6.45) is 2.17. The van der Waals surface area contributed by atoms with Crippen molar-refractivity contribution in [2.75, 3.05) is 25.3 Å². The van der Waals surface area contributed by atoms with Gasteiger partial charge in [-0.15, -0.1) is 16.4 Å². The molecule has 0 bridgehead atoms. The topological polar surface area (TPSA) is 104 Å². The lowest BCUT2D eigenvalue weighted by Crippen LogP contribution is -2.14. The van der Waals surface area contributed by atoms with Crippen LogP contribution in [0, 0.1) is 0 Å². The van der Waals surface area contributed by atoms with Crippen molar-refractivity contribution >= 4 is 34.1 Å². The predicted molar refractivity (Wildman–Crippen MR) is 106 cm³/mol. The highest BCUT2D eigenvalue weighted by Gasteiger charge is 2.28. The maximum Gasteiger partial charge on any atom is 0.236 e. The Morgan fingerprint density at radius 2 is 2.14 bits per heavy atom. The molecule has 9 nitrogen and oxygen atoms in total. The van der Waals surface area contributed by atoms with Gasteiger partial charge in [0.05, 0.1) is 31.7 Å². The molecule has 1 N–H and O–H groups in total. The molecule has 1 saturated carbocycles. The Morgan fingerprint density at radius 1 is 1.32 bits per heavy atom. The summed E-state index contributed by atoms with van der Waals surface area (Å²) in [6, 6.07) is 5.96. The van der Waals surface area contributed by atoms with E-state index in [0.717, 1.165) is 24.1 Å². The minimum Gasteiger partial charge on any atom is -0.493 e. The van der Waals surface area contributed by atoms with E-state index in [-0.39, 0.29) is 11.7 Å². The number of nitrogens with one attached hydrogen (secondary N) is 1. The maximum absolute atomic E-state index is 12.3. The lowest BCUT2D eigenvalue weighted by Gasteiger charge is -2.08. The average Bonchev–Trinajstić information content (AvgIpc) is 3.27. The molecule has 0 aliphatic heterocycles. The molecule has 2 aromatic heterocycles. The zero-order valence-electron chi connectivity index (χ0n) is 15.3. The van der Waals surface area contributed by atoms with E-state index in [0.29, 0.717) is 27.8 Å². The molecule has 1 amide bonds. The summed E-state index contributed by atoms with van der Waals surface area (Å²) in [5.74, 6) is 1.35. The Morgan fingerprint density at radius 3 is 2.89 bits per heavy atom. The normalized spacial score (nSPS) is 13.4. The van der Waals surface area contributed by atoms with Gasteiger partial charge in [-0.25, -0.2) is 9.67 Å². The summed E-state index contributed by atoms with van der Waals surface area (Å²) in [4.78, 5) is 16.7. The van der Waals surface area contributed by atoms with Gasteiger partial charge in [0.15, 0.2) is 16.6 Å². The fraction of sp³-hybridized carbons (Fsp3) is 0.353. The number of hydrogen-bond donors (Lipinski definition) is 1. The first-order valence-electron chi connectivity index (χ1n) is 8.56. The van der Waals surface area contributed by atoms with Gasteiger partial charge in [-0.1, -0.05) is 11.8 Å². The zero-order chi connectivity index (χ0) is 19.5. The third-order valence-electron chi connectivity index (χ3n) is 4.12. The van der Waals surface area contributed by atoms with E-state index < -0.39 is 0 Å². The molecule has 1 fully saturated rings. The van der Waals surface area contributed by atoms with Crippen molar-refractivity contribution in [1.82, 2.24) is 25.2 Å². The fourth-order valence-corrected chi connectivity index (χ4v) is 4.05. The van der Waals surface area contributed by atoms with Crippen molar-refractivity contribution < 1.29 is 14.3 Å². The van der Waals surface area contributed by atoms with Crippen molar-refractivity contribution in [2.24, 2.45) is 0 Å². The molecule has 4 rings (SSSR count). The van der Waals surface area contributed by atoms with Crippen LogP contribution in [0.3, 0.4) is 0 Å². The summed E-state index contributed by atoms with van der Waals surface area (Å²) < 4.78 is 12.4. The molecule has 2 heterocycles. The van der Waals surface area contributed by atoms with Crippen molar-refractivity contribution in [2.45, 2.75) is 24.0 Å². The van der Waals surface area contributed by atoms with Gasteiger partial charge in [-0.05, 0) is 41.5 Å². The Bertz CT molecular complexity index is 985. The number of benzene rings is 1. The number of tetrazole rings is 1. The largest absolute Gasteiger partial charge is 0.493 e. The smallest absolute Gasteiger partial charge is 0.236 e. The van der Waals surface area contributed by atoms with Gasteiger partial charge in [0.1, 0.15) is 0 Å². The summed E-state index contributed by atoms with van der Waals surface area (Å²) in [5, 5.41) is 17.6.